The number of amides is 1. The predicted molar refractivity (Wildman–Crippen MR) is 128 cm³/mol. The Kier molecular flexibility index (Phi) is 7.66. The minimum absolute atomic E-state index is 0.0564. The fourth-order valence-corrected chi connectivity index (χ4v) is 5.07. The summed E-state index contributed by atoms with van der Waals surface area (Å²) in [7, 11) is -2.08. The molecule has 0 radical (unpaired) electrons. The number of hydrogen-bond donors (Lipinski definition) is 2. The van der Waals surface area contributed by atoms with Gasteiger partial charge >= 0.3 is 0 Å². The van der Waals surface area contributed by atoms with Crippen molar-refractivity contribution in [3.63, 3.8) is 0 Å². The summed E-state index contributed by atoms with van der Waals surface area (Å²) >= 11 is 0. The summed E-state index contributed by atoms with van der Waals surface area (Å²) in [5.41, 5.74) is 1.52. The van der Waals surface area contributed by atoms with Gasteiger partial charge in [0.25, 0.3) is 5.91 Å². The van der Waals surface area contributed by atoms with Gasteiger partial charge in [0.15, 0.2) is 0 Å². The van der Waals surface area contributed by atoms with Crippen LogP contribution in [0.25, 0.3) is 0 Å². The van der Waals surface area contributed by atoms with Gasteiger partial charge in [-0.2, -0.15) is 0 Å². The van der Waals surface area contributed by atoms with E-state index in [1.807, 2.05) is 24.3 Å². The van der Waals surface area contributed by atoms with Gasteiger partial charge in [0.05, 0.1) is 30.9 Å². The number of benzene rings is 2. The van der Waals surface area contributed by atoms with Gasteiger partial charge < -0.3 is 14.5 Å². The van der Waals surface area contributed by atoms with E-state index in [0.29, 0.717) is 17.9 Å². The second-order valence-corrected chi connectivity index (χ2v) is 9.94. The van der Waals surface area contributed by atoms with Crippen LogP contribution in [0.15, 0.2) is 76.2 Å². The van der Waals surface area contributed by atoms with Crippen LogP contribution >= 0.6 is 0 Å². The Morgan fingerprint density at radius 3 is 2.38 bits per heavy atom. The molecule has 2 N–H and O–H groups in total. The van der Waals surface area contributed by atoms with Crippen LogP contribution < -0.4 is 14.8 Å². The fraction of sp³-hybridized carbons (Fsp3) is 0.320. The maximum atomic E-state index is 12.8. The third-order valence-electron chi connectivity index (χ3n) is 5.98. The van der Waals surface area contributed by atoms with E-state index in [-0.39, 0.29) is 23.4 Å². The van der Waals surface area contributed by atoms with Gasteiger partial charge in [-0.05, 0) is 80.0 Å². The third kappa shape index (κ3) is 5.85. The van der Waals surface area contributed by atoms with Crippen molar-refractivity contribution in [2.24, 2.45) is 0 Å². The predicted octanol–water partition coefficient (Wildman–Crippen LogP) is 3.33. The minimum Gasteiger partial charge on any atom is -0.497 e. The summed E-state index contributed by atoms with van der Waals surface area (Å²) in [5, 5.41) is 3.02. The van der Waals surface area contributed by atoms with Crippen LogP contribution in [0.2, 0.25) is 0 Å². The molecule has 1 saturated heterocycles. The number of methoxy groups -OCH3 is 1. The monoisotopic (exact) mass is 483 g/mol. The molecule has 0 unspecified atom stereocenters. The standard InChI is InChI=1S/C25H29N3O5S/c1-32-21-10-6-19(7-11-21)24(28-14-2-3-15-28)18-26-25(29)20-8-12-23(13-9-20)34(30,31)27-17-22-5-4-16-33-22/h4-13,16,24,27H,2-3,14-15,17-18H2,1H3,(H,26,29)/t24-/m1/s1. The maximum absolute atomic E-state index is 12.8. The number of likely N-dealkylation sites (tertiary alicyclic amines) is 1. The van der Waals surface area contributed by atoms with Crippen LogP contribution in [-0.4, -0.2) is 46.0 Å². The van der Waals surface area contributed by atoms with E-state index < -0.39 is 10.0 Å². The zero-order valence-electron chi connectivity index (χ0n) is 19.1. The molecular formula is C25H29N3O5S. The van der Waals surface area contributed by atoms with Gasteiger partial charge in [-0.15, -0.1) is 0 Å². The summed E-state index contributed by atoms with van der Waals surface area (Å²) in [6.45, 7) is 2.49. The molecule has 9 heteroatoms. The van der Waals surface area contributed by atoms with E-state index in [9.17, 15) is 13.2 Å². The van der Waals surface area contributed by atoms with Crippen LogP contribution in [0.1, 0.15) is 40.6 Å². The molecule has 3 aromatic rings. The first kappa shape index (κ1) is 24.0. The van der Waals surface area contributed by atoms with Crippen LogP contribution in [0, 0.1) is 0 Å². The topological polar surface area (TPSA) is 101 Å². The summed E-state index contributed by atoms with van der Waals surface area (Å²) < 4.78 is 37.9. The van der Waals surface area contributed by atoms with Gasteiger partial charge in [0.1, 0.15) is 11.5 Å². The third-order valence-corrected chi connectivity index (χ3v) is 7.40. The summed E-state index contributed by atoms with van der Waals surface area (Å²) in [5.74, 6) is 1.07. The molecule has 2 heterocycles. The summed E-state index contributed by atoms with van der Waals surface area (Å²) in [6.07, 6.45) is 3.77. The number of carbonyl (C=O) groups is 1. The highest BCUT2D eigenvalue weighted by molar-refractivity contribution is 7.89. The maximum Gasteiger partial charge on any atom is 0.251 e. The van der Waals surface area contributed by atoms with Crippen LogP contribution in [-0.2, 0) is 16.6 Å². The normalized spacial score (nSPS) is 15.2. The van der Waals surface area contributed by atoms with Crippen molar-refractivity contribution in [2.45, 2.75) is 30.3 Å². The number of rotatable bonds is 10. The number of hydrogen-bond acceptors (Lipinski definition) is 6. The number of sulfonamides is 1. The molecule has 4 rings (SSSR count). The number of furan rings is 1. The minimum atomic E-state index is -3.72. The van der Waals surface area contributed by atoms with Crippen molar-refractivity contribution in [1.82, 2.24) is 14.9 Å². The summed E-state index contributed by atoms with van der Waals surface area (Å²) in [6, 6.07) is 17.3. The Labute approximate surface area is 200 Å². The van der Waals surface area contributed by atoms with E-state index in [0.717, 1.165) is 37.2 Å². The number of nitrogens with zero attached hydrogens (tertiary/aromatic N) is 1. The lowest BCUT2D eigenvalue weighted by Gasteiger charge is -2.28. The molecule has 180 valence electrons. The first-order valence-electron chi connectivity index (χ1n) is 11.2. The number of carbonyl (C=O) groups excluding carboxylic acids is 1. The lowest BCUT2D eigenvalue weighted by atomic mass is 10.0. The van der Waals surface area contributed by atoms with Crippen molar-refractivity contribution in [3.8, 4) is 5.75 Å². The lowest BCUT2D eigenvalue weighted by Crippen LogP contribution is -2.36. The first-order valence-corrected chi connectivity index (χ1v) is 12.7. The van der Waals surface area contributed by atoms with Crippen LogP contribution in [0.5, 0.6) is 5.75 Å². The quantitative estimate of drug-likeness (QED) is 0.459. The highest BCUT2D eigenvalue weighted by Gasteiger charge is 2.24. The van der Waals surface area contributed by atoms with Crippen molar-refractivity contribution in [3.05, 3.63) is 83.8 Å². The van der Waals surface area contributed by atoms with Crippen molar-refractivity contribution in [2.75, 3.05) is 26.7 Å². The molecule has 0 saturated carbocycles. The molecule has 1 fully saturated rings. The van der Waals surface area contributed by atoms with E-state index >= 15 is 0 Å². The largest absolute Gasteiger partial charge is 0.497 e. The molecule has 1 aromatic heterocycles. The summed E-state index contributed by atoms with van der Waals surface area (Å²) in [4.78, 5) is 15.3. The van der Waals surface area contributed by atoms with Gasteiger partial charge in [0, 0.05) is 12.1 Å². The molecule has 1 amide bonds. The second kappa shape index (κ2) is 10.9. The molecule has 0 bridgehead atoms. The molecule has 0 spiro atoms. The van der Waals surface area contributed by atoms with Crippen LogP contribution in [0.4, 0.5) is 0 Å². The van der Waals surface area contributed by atoms with Gasteiger partial charge in [-0.3, -0.25) is 9.69 Å². The van der Waals surface area contributed by atoms with Gasteiger partial charge in [0.2, 0.25) is 10.0 Å². The highest BCUT2D eigenvalue weighted by Crippen LogP contribution is 2.26. The van der Waals surface area contributed by atoms with Crippen molar-refractivity contribution in [1.29, 1.82) is 0 Å². The Morgan fingerprint density at radius 1 is 1.06 bits per heavy atom. The molecule has 2 aromatic carbocycles. The van der Waals surface area contributed by atoms with Crippen LogP contribution in [0.3, 0.4) is 0 Å². The van der Waals surface area contributed by atoms with Gasteiger partial charge in [-0.1, -0.05) is 12.1 Å². The zero-order chi connectivity index (χ0) is 24.0. The van der Waals surface area contributed by atoms with E-state index in [1.54, 1.807) is 19.2 Å². The van der Waals surface area contributed by atoms with Crippen molar-refractivity contribution < 1.29 is 22.4 Å². The molecule has 1 atom stereocenters. The van der Waals surface area contributed by atoms with E-state index in [1.165, 1.54) is 30.5 Å². The Bertz CT molecular complexity index is 1170. The molecule has 8 nitrogen and oxygen atoms in total. The highest BCUT2D eigenvalue weighted by atomic mass is 32.2. The lowest BCUT2D eigenvalue weighted by molar-refractivity contribution is 0.0937. The average Bonchev–Trinajstić information content (AvgIpc) is 3.58. The van der Waals surface area contributed by atoms with Crippen molar-refractivity contribution >= 4 is 15.9 Å². The second-order valence-electron chi connectivity index (χ2n) is 8.17. The zero-order valence-corrected chi connectivity index (χ0v) is 19.9. The number of ether oxygens (including phenoxy) is 1. The smallest absolute Gasteiger partial charge is 0.251 e. The van der Waals surface area contributed by atoms with Gasteiger partial charge in [-0.25, -0.2) is 13.1 Å². The Morgan fingerprint density at radius 2 is 1.76 bits per heavy atom. The molecule has 1 aliphatic heterocycles. The van der Waals surface area contributed by atoms with E-state index in [2.05, 4.69) is 14.9 Å². The Balaban J connectivity index is 1.39. The van der Waals surface area contributed by atoms with E-state index in [4.69, 9.17) is 9.15 Å². The first-order chi connectivity index (χ1) is 16.5. The molecule has 1 aliphatic rings. The number of nitrogens with one attached hydrogen (secondary N) is 2. The fourth-order valence-electron chi connectivity index (χ4n) is 4.08. The molecular weight excluding hydrogens is 454 g/mol. The average molecular weight is 484 g/mol. The SMILES string of the molecule is COc1ccc([C@@H](CNC(=O)c2ccc(S(=O)(=O)NCc3ccco3)cc2)N2CCCC2)cc1. The Hall–Kier alpha value is -3.14. The molecule has 34 heavy (non-hydrogen) atoms. The molecule has 0 aliphatic carbocycles.